The van der Waals surface area contributed by atoms with Crippen LogP contribution in [-0.4, -0.2) is 40.6 Å². The van der Waals surface area contributed by atoms with Crippen molar-refractivity contribution in [3.05, 3.63) is 52.7 Å². The highest BCUT2D eigenvalue weighted by Gasteiger charge is 2.30. The van der Waals surface area contributed by atoms with Gasteiger partial charge in [-0.05, 0) is 54.6 Å². The van der Waals surface area contributed by atoms with Gasteiger partial charge in [0.25, 0.3) is 0 Å². The lowest BCUT2D eigenvalue weighted by atomic mass is 10.0. The van der Waals surface area contributed by atoms with Gasteiger partial charge in [-0.1, -0.05) is 0 Å². The van der Waals surface area contributed by atoms with Crippen LogP contribution in [0.25, 0.3) is 17.0 Å². The molecule has 4 aromatic rings. The van der Waals surface area contributed by atoms with E-state index in [0.717, 1.165) is 59.3 Å². The molecule has 0 saturated carbocycles. The maximum atomic E-state index is 5.64. The smallest absolute Gasteiger partial charge is 0.186 e. The molecule has 0 aliphatic carbocycles. The van der Waals surface area contributed by atoms with Crippen molar-refractivity contribution in [2.24, 2.45) is 0 Å². The molecule has 3 aromatic heterocycles. The summed E-state index contributed by atoms with van der Waals surface area (Å²) in [6, 6.07) is 12.2. The highest BCUT2D eigenvalue weighted by molar-refractivity contribution is 7.08. The number of thiophene rings is 1. The molecule has 8 heteroatoms. The summed E-state index contributed by atoms with van der Waals surface area (Å²) >= 11 is 1.64. The number of aromatic nitrogens is 4. The van der Waals surface area contributed by atoms with Crippen molar-refractivity contribution in [3.8, 4) is 22.9 Å². The first kappa shape index (κ1) is 17.9. The number of rotatable bonds is 5. The van der Waals surface area contributed by atoms with Crippen molar-refractivity contribution in [1.82, 2.24) is 19.8 Å². The topological polar surface area (TPSA) is 64.8 Å². The Balaban J connectivity index is 1.57. The average Bonchev–Trinajstić information content (AvgIpc) is 3.52. The van der Waals surface area contributed by atoms with Crippen LogP contribution in [0, 0.1) is 0 Å². The van der Waals surface area contributed by atoms with Crippen molar-refractivity contribution in [1.29, 1.82) is 0 Å². The SMILES string of the molecule is COc1ccc(OC)c(C2CCCN2c2ccc3nnc(-c4ccsc4)n3n2)c1. The van der Waals surface area contributed by atoms with Crippen LogP contribution in [0.15, 0.2) is 47.2 Å². The zero-order chi connectivity index (χ0) is 19.8. The third kappa shape index (κ3) is 3.09. The molecule has 0 spiro atoms. The van der Waals surface area contributed by atoms with Gasteiger partial charge < -0.3 is 14.4 Å². The van der Waals surface area contributed by atoms with Gasteiger partial charge in [-0.3, -0.25) is 0 Å². The third-order valence-electron chi connectivity index (χ3n) is 5.37. The van der Waals surface area contributed by atoms with Gasteiger partial charge >= 0.3 is 0 Å². The minimum atomic E-state index is 0.172. The van der Waals surface area contributed by atoms with E-state index in [1.54, 1.807) is 25.6 Å². The molecule has 1 unspecified atom stereocenters. The van der Waals surface area contributed by atoms with Crippen LogP contribution in [0.5, 0.6) is 11.5 Å². The maximum absolute atomic E-state index is 5.64. The lowest BCUT2D eigenvalue weighted by Gasteiger charge is -2.27. The van der Waals surface area contributed by atoms with Gasteiger partial charge in [0, 0.05) is 23.1 Å². The second-order valence-electron chi connectivity index (χ2n) is 6.96. The Morgan fingerprint density at radius 1 is 1.07 bits per heavy atom. The van der Waals surface area contributed by atoms with Crippen LogP contribution < -0.4 is 14.4 Å². The first-order valence-electron chi connectivity index (χ1n) is 9.52. The van der Waals surface area contributed by atoms with Crippen molar-refractivity contribution in [2.75, 3.05) is 25.7 Å². The fourth-order valence-corrected chi connectivity index (χ4v) is 4.60. The van der Waals surface area contributed by atoms with E-state index in [1.807, 2.05) is 40.2 Å². The largest absolute Gasteiger partial charge is 0.497 e. The molecule has 1 aromatic carbocycles. The van der Waals surface area contributed by atoms with Crippen molar-refractivity contribution >= 4 is 22.8 Å². The summed E-state index contributed by atoms with van der Waals surface area (Å²) in [5, 5.41) is 17.6. The summed E-state index contributed by atoms with van der Waals surface area (Å²) in [7, 11) is 3.39. The van der Waals surface area contributed by atoms with Crippen LogP contribution in [0.2, 0.25) is 0 Å². The zero-order valence-corrected chi connectivity index (χ0v) is 17.1. The summed E-state index contributed by atoms with van der Waals surface area (Å²) in [5.74, 6) is 3.36. The van der Waals surface area contributed by atoms with Gasteiger partial charge in [0.15, 0.2) is 11.5 Å². The minimum Gasteiger partial charge on any atom is -0.497 e. The first-order chi connectivity index (χ1) is 14.3. The Kier molecular flexibility index (Phi) is 4.55. The molecule has 0 amide bonds. The molecule has 1 aliphatic rings. The summed E-state index contributed by atoms with van der Waals surface area (Å²) in [5.41, 5.74) is 2.89. The maximum Gasteiger partial charge on any atom is 0.186 e. The predicted octanol–water partition coefficient (Wildman–Crippen LogP) is 4.21. The van der Waals surface area contributed by atoms with E-state index < -0.39 is 0 Å². The molecule has 0 N–H and O–H groups in total. The second-order valence-corrected chi connectivity index (χ2v) is 7.74. The predicted molar refractivity (Wildman–Crippen MR) is 113 cm³/mol. The molecule has 1 fully saturated rings. The first-order valence-corrected chi connectivity index (χ1v) is 10.5. The number of hydrogen-bond acceptors (Lipinski definition) is 7. The van der Waals surface area contributed by atoms with E-state index in [0.29, 0.717) is 0 Å². The number of benzene rings is 1. The van der Waals surface area contributed by atoms with Crippen molar-refractivity contribution in [3.63, 3.8) is 0 Å². The third-order valence-corrected chi connectivity index (χ3v) is 6.05. The fourth-order valence-electron chi connectivity index (χ4n) is 3.97. The van der Waals surface area contributed by atoms with E-state index in [2.05, 4.69) is 26.5 Å². The van der Waals surface area contributed by atoms with Crippen LogP contribution in [-0.2, 0) is 0 Å². The quantitative estimate of drug-likeness (QED) is 0.494. The molecule has 5 rings (SSSR count). The molecule has 1 aliphatic heterocycles. The minimum absolute atomic E-state index is 0.172. The molecule has 0 bridgehead atoms. The summed E-state index contributed by atoms with van der Waals surface area (Å²) in [4.78, 5) is 2.33. The number of methoxy groups -OCH3 is 2. The highest BCUT2D eigenvalue weighted by Crippen LogP contribution is 2.40. The van der Waals surface area contributed by atoms with Crippen molar-refractivity contribution in [2.45, 2.75) is 18.9 Å². The molecular weight excluding hydrogens is 386 g/mol. The summed E-state index contributed by atoms with van der Waals surface area (Å²) in [6.45, 7) is 0.930. The Labute approximate surface area is 172 Å². The Morgan fingerprint density at radius 2 is 2.00 bits per heavy atom. The van der Waals surface area contributed by atoms with Gasteiger partial charge in [-0.25, -0.2) is 0 Å². The number of ether oxygens (including phenoxy) is 2. The van der Waals surface area contributed by atoms with Gasteiger partial charge in [0.1, 0.15) is 17.3 Å². The molecule has 1 saturated heterocycles. The number of nitrogens with zero attached hydrogens (tertiary/aromatic N) is 5. The highest BCUT2D eigenvalue weighted by atomic mass is 32.1. The van der Waals surface area contributed by atoms with Gasteiger partial charge in [0.2, 0.25) is 0 Å². The number of hydrogen-bond donors (Lipinski definition) is 0. The van der Waals surface area contributed by atoms with E-state index in [-0.39, 0.29) is 6.04 Å². The number of anilines is 1. The summed E-state index contributed by atoms with van der Waals surface area (Å²) in [6.07, 6.45) is 2.12. The summed E-state index contributed by atoms with van der Waals surface area (Å²) < 4.78 is 12.9. The molecule has 4 heterocycles. The van der Waals surface area contributed by atoms with E-state index in [4.69, 9.17) is 14.6 Å². The number of fused-ring (bicyclic) bond motifs is 1. The standard InChI is InChI=1S/C21H21N5O2S/c1-27-15-5-6-18(28-2)16(12-15)17-4-3-10-25(17)20-8-7-19-22-23-21(26(19)24-20)14-9-11-29-13-14/h5-9,11-13,17H,3-4,10H2,1-2H3. The van der Waals surface area contributed by atoms with Crippen molar-refractivity contribution < 1.29 is 9.47 Å². The lowest BCUT2D eigenvalue weighted by Crippen LogP contribution is -2.24. The molecule has 1 atom stereocenters. The monoisotopic (exact) mass is 407 g/mol. The van der Waals surface area contributed by atoms with Gasteiger partial charge in [-0.15, -0.1) is 15.3 Å². The second kappa shape index (κ2) is 7.36. The zero-order valence-electron chi connectivity index (χ0n) is 16.3. The lowest BCUT2D eigenvalue weighted by molar-refractivity contribution is 0.395. The van der Waals surface area contributed by atoms with E-state index in [9.17, 15) is 0 Å². The van der Waals surface area contributed by atoms with Gasteiger partial charge in [0.05, 0.1) is 20.3 Å². The van der Waals surface area contributed by atoms with Crippen LogP contribution >= 0.6 is 11.3 Å². The van der Waals surface area contributed by atoms with Crippen LogP contribution in [0.4, 0.5) is 5.82 Å². The molecular formula is C21H21N5O2S. The van der Waals surface area contributed by atoms with Gasteiger partial charge in [-0.2, -0.15) is 15.9 Å². The molecule has 0 radical (unpaired) electrons. The Bertz CT molecular complexity index is 1140. The average molecular weight is 407 g/mol. The molecule has 7 nitrogen and oxygen atoms in total. The molecule has 29 heavy (non-hydrogen) atoms. The van der Waals surface area contributed by atoms with E-state index >= 15 is 0 Å². The van der Waals surface area contributed by atoms with E-state index in [1.165, 1.54) is 0 Å². The Hall–Kier alpha value is -3.13. The normalized spacial score (nSPS) is 16.5. The Morgan fingerprint density at radius 3 is 2.79 bits per heavy atom. The van der Waals surface area contributed by atoms with Crippen LogP contribution in [0.1, 0.15) is 24.4 Å². The molecule has 148 valence electrons. The van der Waals surface area contributed by atoms with Crippen LogP contribution in [0.3, 0.4) is 0 Å². The fraction of sp³-hybridized carbons (Fsp3) is 0.286.